The molecule has 0 atom stereocenters. The largest absolute Gasteiger partial charge is 0.453 e. The minimum atomic E-state index is -0.407. The zero-order valence-corrected chi connectivity index (χ0v) is 12.9. The van der Waals surface area contributed by atoms with Crippen LogP contribution in [0.5, 0.6) is 0 Å². The third kappa shape index (κ3) is 5.37. The van der Waals surface area contributed by atoms with E-state index in [2.05, 4.69) is 15.0 Å². The van der Waals surface area contributed by atoms with Gasteiger partial charge < -0.3 is 15.2 Å². The van der Waals surface area contributed by atoms with Gasteiger partial charge in [0, 0.05) is 20.6 Å². The number of methoxy groups -OCH3 is 1. The minimum Gasteiger partial charge on any atom is -0.453 e. The SMILES string of the molecule is CC.CNC(=O)OC.OCCC12CCCN1CCC2.[HH]. The molecule has 5 nitrogen and oxygen atoms in total. The first-order chi connectivity index (χ1) is 9.18. The van der Waals surface area contributed by atoms with Gasteiger partial charge in [-0.05, 0) is 45.2 Å². The average molecular weight is 276 g/mol. The Morgan fingerprint density at radius 1 is 1.37 bits per heavy atom. The zero-order chi connectivity index (χ0) is 14.7. The molecule has 116 valence electrons. The summed E-state index contributed by atoms with van der Waals surface area (Å²) in [5.74, 6) is 0. The number of aliphatic hydroxyl groups is 1. The standard InChI is InChI=1S/C9H17NO.C3H7NO2.C2H6.H2/c11-8-5-9-3-1-6-10(9)7-2-4-9;1-4-3(5)6-2;1-2;/h11H,1-8H2;1-2H3,(H,4,5);1-2H3;1H. The molecule has 0 aromatic carbocycles. The Hall–Kier alpha value is -0.810. The van der Waals surface area contributed by atoms with Gasteiger partial charge >= 0.3 is 6.09 Å². The number of nitrogens with zero attached hydrogens (tertiary/aromatic N) is 1. The first-order valence-electron chi connectivity index (χ1n) is 7.30. The number of alkyl carbamates (subject to hydrolysis) is 1. The average Bonchev–Trinajstić information content (AvgIpc) is 3.00. The van der Waals surface area contributed by atoms with E-state index in [-0.39, 0.29) is 1.43 Å². The van der Waals surface area contributed by atoms with Crippen LogP contribution in [-0.4, -0.2) is 55.5 Å². The predicted octanol–water partition coefficient (Wildman–Crippen LogP) is 2.24. The molecule has 0 saturated carbocycles. The first-order valence-corrected chi connectivity index (χ1v) is 7.30. The Morgan fingerprint density at radius 2 is 1.89 bits per heavy atom. The summed E-state index contributed by atoms with van der Waals surface area (Å²) in [5.41, 5.74) is 0.439. The summed E-state index contributed by atoms with van der Waals surface area (Å²) in [6.07, 6.45) is 5.95. The van der Waals surface area contributed by atoms with Crippen LogP contribution >= 0.6 is 0 Å². The van der Waals surface area contributed by atoms with Crippen LogP contribution in [0, 0.1) is 0 Å². The number of hydrogen-bond donors (Lipinski definition) is 2. The van der Waals surface area contributed by atoms with E-state index in [1.165, 1.54) is 52.9 Å². The topological polar surface area (TPSA) is 61.8 Å². The van der Waals surface area contributed by atoms with Crippen LogP contribution in [0.15, 0.2) is 0 Å². The van der Waals surface area contributed by atoms with Crippen LogP contribution in [-0.2, 0) is 4.74 Å². The van der Waals surface area contributed by atoms with Crippen molar-refractivity contribution in [2.75, 3.05) is 33.9 Å². The first kappa shape index (κ1) is 18.2. The van der Waals surface area contributed by atoms with Crippen LogP contribution in [0.25, 0.3) is 0 Å². The summed E-state index contributed by atoms with van der Waals surface area (Å²) in [5, 5.41) is 11.2. The third-order valence-electron chi connectivity index (χ3n) is 3.78. The summed E-state index contributed by atoms with van der Waals surface area (Å²) in [4.78, 5) is 12.4. The summed E-state index contributed by atoms with van der Waals surface area (Å²) in [6, 6.07) is 0. The predicted molar refractivity (Wildman–Crippen MR) is 79.4 cm³/mol. The number of amides is 1. The maximum absolute atomic E-state index is 9.85. The molecule has 2 fully saturated rings. The number of aliphatic hydroxyl groups excluding tert-OH is 1. The normalized spacial score (nSPS) is 19.4. The van der Waals surface area contributed by atoms with E-state index < -0.39 is 6.09 Å². The second kappa shape index (κ2) is 10.0. The Bertz CT molecular complexity index is 237. The van der Waals surface area contributed by atoms with E-state index in [1.54, 1.807) is 0 Å². The highest BCUT2D eigenvalue weighted by atomic mass is 16.5. The molecular formula is C14H32N2O3. The molecular weight excluding hydrogens is 244 g/mol. The summed E-state index contributed by atoms with van der Waals surface area (Å²) >= 11 is 0. The molecule has 0 aliphatic carbocycles. The maximum Gasteiger partial charge on any atom is 0.406 e. The number of carbonyl (C=O) groups is 1. The van der Waals surface area contributed by atoms with Crippen LogP contribution in [0.4, 0.5) is 4.79 Å². The van der Waals surface area contributed by atoms with Gasteiger partial charge in [0.05, 0.1) is 7.11 Å². The number of rotatable bonds is 2. The smallest absolute Gasteiger partial charge is 0.406 e. The van der Waals surface area contributed by atoms with E-state index in [0.717, 1.165) is 6.42 Å². The van der Waals surface area contributed by atoms with Crippen molar-refractivity contribution in [1.82, 2.24) is 10.2 Å². The molecule has 5 heteroatoms. The van der Waals surface area contributed by atoms with Gasteiger partial charge in [-0.1, -0.05) is 13.8 Å². The Kier molecular flexibility index (Phi) is 9.61. The lowest BCUT2D eigenvalue weighted by Gasteiger charge is -2.31. The molecule has 2 heterocycles. The van der Waals surface area contributed by atoms with Gasteiger partial charge in [-0.2, -0.15) is 0 Å². The van der Waals surface area contributed by atoms with Crippen molar-refractivity contribution in [2.45, 2.75) is 51.5 Å². The summed E-state index contributed by atoms with van der Waals surface area (Å²) in [7, 11) is 2.82. The Labute approximate surface area is 118 Å². The Balaban J connectivity index is 0. The molecule has 2 rings (SSSR count). The number of ether oxygens (including phenoxy) is 1. The van der Waals surface area contributed by atoms with Crippen molar-refractivity contribution in [3.8, 4) is 0 Å². The lowest BCUT2D eigenvalue weighted by Crippen LogP contribution is -2.38. The van der Waals surface area contributed by atoms with Crippen molar-refractivity contribution in [2.24, 2.45) is 0 Å². The highest BCUT2D eigenvalue weighted by Gasteiger charge is 2.43. The molecule has 0 spiro atoms. The molecule has 2 aliphatic rings. The number of nitrogens with one attached hydrogen (secondary N) is 1. The van der Waals surface area contributed by atoms with Gasteiger partial charge in [-0.15, -0.1) is 0 Å². The van der Waals surface area contributed by atoms with E-state index in [1.807, 2.05) is 13.8 Å². The maximum atomic E-state index is 9.85. The van der Waals surface area contributed by atoms with Gasteiger partial charge in [0.2, 0.25) is 0 Å². The minimum absolute atomic E-state index is 0. The molecule has 0 radical (unpaired) electrons. The quantitative estimate of drug-likeness (QED) is 0.812. The monoisotopic (exact) mass is 276 g/mol. The lowest BCUT2D eigenvalue weighted by atomic mass is 9.91. The molecule has 2 aliphatic heterocycles. The molecule has 2 saturated heterocycles. The molecule has 0 bridgehead atoms. The fourth-order valence-electron chi connectivity index (χ4n) is 2.94. The fraction of sp³-hybridized carbons (Fsp3) is 0.929. The van der Waals surface area contributed by atoms with E-state index in [4.69, 9.17) is 5.11 Å². The van der Waals surface area contributed by atoms with E-state index in [0.29, 0.717) is 12.1 Å². The van der Waals surface area contributed by atoms with Crippen LogP contribution in [0.3, 0.4) is 0 Å². The van der Waals surface area contributed by atoms with Crippen molar-refractivity contribution < 1.29 is 16.1 Å². The molecule has 0 aromatic rings. The van der Waals surface area contributed by atoms with Gasteiger partial charge in [0.25, 0.3) is 0 Å². The van der Waals surface area contributed by atoms with E-state index >= 15 is 0 Å². The highest BCUT2D eigenvalue weighted by Crippen LogP contribution is 2.40. The lowest BCUT2D eigenvalue weighted by molar-refractivity contribution is 0.142. The van der Waals surface area contributed by atoms with Crippen LogP contribution < -0.4 is 5.32 Å². The van der Waals surface area contributed by atoms with Gasteiger partial charge in [0.1, 0.15) is 0 Å². The number of fused-ring (bicyclic) bond motifs is 1. The van der Waals surface area contributed by atoms with Crippen LogP contribution in [0.1, 0.15) is 47.4 Å². The third-order valence-corrected chi connectivity index (χ3v) is 3.78. The van der Waals surface area contributed by atoms with Crippen molar-refractivity contribution in [3.63, 3.8) is 0 Å². The molecule has 0 aromatic heterocycles. The molecule has 1 amide bonds. The number of hydrogen-bond acceptors (Lipinski definition) is 4. The second-order valence-corrected chi connectivity index (χ2v) is 4.63. The zero-order valence-electron chi connectivity index (χ0n) is 12.9. The van der Waals surface area contributed by atoms with Crippen molar-refractivity contribution in [1.29, 1.82) is 0 Å². The van der Waals surface area contributed by atoms with E-state index in [9.17, 15) is 4.79 Å². The van der Waals surface area contributed by atoms with Gasteiger partial charge in [-0.25, -0.2) is 4.79 Å². The molecule has 2 N–H and O–H groups in total. The summed E-state index contributed by atoms with van der Waals surface area (Å²) < 4.78 is 4.15. The summed E-state index contributed by atoms with van der Waals surface area (Å²) in [6.45, 7) is 6.93. The molecule has 19 heavy (non-hydrogen) atoms. The van der Waals surface area contributed by atoms with Crippen molar-refractivity contribution in [3.05, 3.63) is 0 Å². The van der Waals surface area contributed by atoms with Crippen LogP contribution in [0.2, 0.25) is 0 Å². The molecule has 0 unspecified atom stereocenters. The van der Waals surface area contributed by atoms with Gasteiger partial charge in [-0.3, -0.25) is 4.90 Å². The highest BCUT2D eigenvalue weighted by molar-refractivity contribution is 5.66. The second-order valence-electron chi connectivity index (χ2n) is 4.63. The Morgan fingerprint density at radius 3 is 2.21 bits per heavy atom. The number of carbonyl (C=O) groups excluding carboxylic acids is 1. The fourth-order valence-corrected chi connectivity index (χ4v) is 2.94. The van der Waals surface area contributed by atoms with Crippen molar-refractivity contribution >= 4 is 6.09 Å². The van der Waals surface area contributed by atoms with Gasteiger partial charge in [0.15, 0.2) is 0 Å².